The van der Waals surface area contributed by atoms with Crippen LogP contribution in [0.1, 0.15) is 64.7 Å². The number of aliphatic carboxylic acids is 1. The number of carbonyl (C=O) groups is 1. The zero-order chi connectivity index (χ0) is 18.7. The fraction of sp³-hybridized carbons (Fsp3) is 0.750. The van der Waals surface area contributed by atoms with Gasteiger partial charge < -0.3 is 20.4 Å². The van der Waals surface area contributed by atoms with E-state index in [1.807, 2.05) is 0 Å². The Morgan fingerprint density at radius 3 is 2.60 bits per heavy atom. The summed E-state index contributed by atoms with van der Waals surface area (Å²) in [7, 11) is 0. The van der Waals surface area contributed by atoms with Gasteiger partial charge in [0.05, 0.1) is 18.3 Å². The molecule has 0 spiro atoms. The van der Waals surface area contributed by atoms with E-state index in [0.717, 1.165) is 6.42 Å². The first-order valence-corrected chi connectivity index (χ1v) is 9.55. The van der Waals surface area contributed by atoms with Crippen molar-refractivity contribution in [2.24, 2.45) is 11.8 Å². The quantitative estimate of drug-likeness (QED) is 0.319. The average molecular weight is 354 g/mol. The summed E-state index contributed by atoms with van der Waals surface area (Å²) in [5, 5.41) is 38.9. The number of unbranched alkanes of at least 4 members (excludes halogenated alkanes) is 3. The number of hydrogen-bond donors (Lipinski definition) is 4. The molecule has 0 aliphatic heterocycles. The van der Waals surface area contributed by atoms with E-state index < -0.39 is 24.3 Å². The van der Waals surface area contributed by atoms with Gasteiger partial charge in [-0.3, -0.25) is 4.79 Å². The summed E-state index contributed by atoms with van der Waals surface area (Å²) in [6.45, 7) is 2.17. The lowest BCUT2D eigenvalue weighted by Gasteiger charge is -2.19. The lowest BCUT2D eigenvalue weighted by molar-refractivity contribution is -0.137. The first-order valence-electron chi connectivity index (χ1n) is 9.55. The molecule has 5 heteroatoms. The molecule has 0 aromatic rings. The topological polar surface area (TPSA) is 98.0 Å². The highest BCUT2D eigenvalue weighted by atomic mass is 16.4. The van der Waals surface area contributed by atoms with E-state index in [4.69, 9.17) is 5.11 Å². The maximum Gasteiger partial charge on any atom is 0.303 e. The Morgan fingerprint density at radius 1 is 1.16 bits per heavy atom. The van der Waals surface area contributed by atoms with Crippen molar-refractivity contribution in [3.63, 3.8) is 0 Å². The molecule has 1 fully saturated rings. The third-order valence-corrected chi connectivity index (χ3v) is 4.91. The highest BCUT2D eigenvalue weighted by Gasteiger charge is 2.39. The van der Waals surface area contributed by atoms with Gasteiger partial charge in [-0.25, -0.2) is 0 Å². The van der Waals surface area contributed by atoms with Crippen molar-refractivity contribution < 1.29 is 25.2 Å². The minimum absolute atomic E-state index is 0.0418. The smallest absolute Gasteiger partial charge is 0.303 e. The fourth-order valence-corrected chi connectivity index (χ4v) is 3.41. The van der Waals surface area contributed by atoms with Crippen LogP contribution >= 0.6 is 0 Å². The average Bonchev–Trinajstić information content (AvgIpc) is 2.81. The standard InChI is InChI=1S/C20H34O5/c1-2-3-4-5-6-7-10-16-17(19(23)14-18(16)22)13-12-15(21)9-8-11-20(24)25/h6-7,12-13,15-19,21-23H,2-5,8-11,14H2,1H3,(H,24,25)/b7-6-,13-12+/t15?,16-,17-,18-,19+/m1/s1. The van der Waals surface area contributed by atoms with Crippen molar-refractivity contribution >= 4 is 5.97 Å². The molecule has 0 radical (unpaired) electrons. The maximum absolute atomic E-state index is 10.5. The number of allylic oxidation sites excluding steroid dienone is 2. The van der Waals surface area contributed by atoms with Gasteiger partial charge in [-0.1, -0.05) is 44.1 Å². The van der Waals surface area contributed by atoms with E-state index in [-0.39, 0.29) is 18.3 Å². The van der Waals surface area contributed by atoms with Crippen molar-refractivity contribution in [2.45, 2.75) is 83.0 Å². The molecule has 5 nitrogen and oxygen atoms in total. The van der Waals surface area contributed by atoms with Crippen LogP contribution in [0.4, 0.5) is 0 Å². The molecule has 0 aromatic heterocycles. The monoisotopic (exact) mass is 354 g/mol. The molecule has 1 aliphatic rings. The zero-order valence-corrected chi connectivity index (χ0v) is 15.3. The number of carboxylic acid groups (broad SMARTS) is 1. The van der Waals surface area contributed by atoms with Gasteiger partial charge in [-0.2, -0.15) is 0 Å². The molecule has 4 N–H and O–H groups in total. The van der Waals surface area contributed by atoms with E-state index >= 15 is 0 Å². The Labute approximate surface area is 151 Å². The molecular weight excluding hydrogens is 320 g/mol. The van der Waals surface area contributed by atoms with Gasteiger partial charge >= 0.3 is 5.97 Å². The van der Waals surface area contributed by atoms with Gasteiger partial charge in [0.1, 0.15) is 0 Å². The van der Waals surface area contributed by atoms with E-state index in [1.165, 1.54) is 19.3 Å². The molecule has 1 rings (SSSR count). The van der Waals surface area contributed by atoms with Crippen LogP contribution in [0, 0.1) is 11.8 Å². The molecule has 1 aliphatic carbocycles. The van der Waals surface area contributed by atoms with Crippen LogP contribution < -0.4 is 0 Å². The third-order valence-electron chi connectivity index (χ3n) is 4.91. The van der Waals surface area contributed by atoms with E-state index in [0.29, 0.717) is 25.7 Å². The number of aliphatic hydroxyl groups is 3. The van der Waals surface area contributed by atoms with Crippen LogP contribution in [0.5, 0.6) is 0 Å². The molecule has 5 atom stereocenters. The minimum Gasteiger partial charge on any atom is -0.481 e. The number of rotatable bonds is 12. The van der Waals surface area contributed by atoms with E-state index in [9.17, 15) is 20.1 Å². The first kappa shape index (κ1) is 21.9. The molecule has 1 saturated carbocycles. The van der Waals surface area contributed by atoms with Crippen molar-refractivity contribution in [3.05, 3.63) is 24.3 Å². The normalized spacial score (nSPS) is 28.2. The largest absolute Gasteiger partial charge is 0.481 e. The van der Waals surface area contributed by atoms with Crippen molar-refractivity contribution in [1.29, 1.82) is 0 Å². The van der Waals surface area contributed by atoms with Gasteiger partial charge in [-0.05, 0) is 38.0 Å². The second-order valence-corrected chi connectivity index (χ2v) is 7.05. The number of carboxylic acids is 1. The maximum atomic E-state index is 10.5. The lowest BCUT2D eigenvalue weighted by Crippen LogP contribution is -2.20. The molecule has 1 unspecified atom stereocenters. The van der Waals surface area contributed by atoms with Crippen LogP contribution in [-0.4, -0.2) is 44.7 Å². The molecule has 25 heavy (non-hydrogen) atoms. The van der Waals surface area contributed by atoms with Crippen molar-refractivity contribution in [2.75, 3.05) is 0 Å². The van der Waals surface area contributed by atoms with Crippen LogP contribution in [0.15, 0.2) is 24.3 Å². The summed E-state index contributed by atoms with van der Waals surface area (Å²) in [4.78, 5) is 10.5. The second-order valence-electron chi connectivity index (χ2n) is 7.05. The lowest BCUT2D eigenvalue weighted by atomic mass is 9.89. The van der Waals surface area contributed by atoms with Gasteiger partial charge in [0.15, 0.2) is 0 Å². The van der Waals surface area contributed by atoms with Gasteiger partial charge in [0.2, 0.25) is 0 Å². The Balaban J connectivity index is 2.47. The minimum atomic E-state index is -0.865. The Morgan fingerprint density at radius 2 is 1.92 bits per heavy atom. The molecule has 0 saturated heterocycles. The molecule has 144 valence electrons. The van der Waals surface area contributed by atoms with E-state index in [2.05, 4.69) is 19.1 Å². The highest BCUT2D eigenvalue weighted by Crippen LogP contribution is 2.36. The summed E-state index contributed by atoms with van der Waals surface area (Å²) < 4.78 is 0. The van der Waals surface area contributed by atoms with Crippen LogP contribution in [0.25, 0.3) is 0 Å². The molecular formula is C20H34O5. The highest BCUT2D eigenvalue weighted by molar-refractivity contribution is 5.66. The fourth-order valence-electron chi connectivity index (χ4n) is 3.41. The number of hydrogen-bond acceptors (Lipinski definition) is 4. The summed E-state index contributed by atoms with van der Waals surface area (Å²) in [6.07, 6.45) is 12.4. The van der Waals surface area contributed by atoms with Gasteiger partial charge in [-0.15, -0.1) is 0 Å². The predicted octanol–water partition coefficient (Wildman–Crippen LogP) is 3.04. The third kappa shape index (κ3) is 8.66. The molecule has 0 amide bonds. The second kappa shape index (κ2) is 12.2. The summed E-state index contributed by atoms with van der Waals surface area (Å²) in [5.41, 5.74) is 0. The predicted molar refractivity (Wildman–Crippen MR) is 98.1 cm³/mol. The van der Waals surface area contributed by atoms with Crippen LogP contribution in [0.3, 0.4) is 0 Å². The number of aliphatic hydroxyl groups excluding tert-OH is 3. The van der Waals surface area contributed by atoms with Crippen molar-refractivity contribution in [3.8, 4) is 0 Å². The molecule has 0 aromatic carbocycles. The molecule has 0 bridgehead atoms. The van der Waals surface area contributed by atoms with E-state index in [1.54, 1.807) is 12.2 Å². The van der Waals surface area contributed by atoms with Gasteiger partial charge in [0.25, 0.3) is 0 Å². The van der Waals surface area contributed by atoms with Crippen LogP contribution in [0.2, 0.25) is 0 Å². The van der Waals surface area contributed by atoms with Crippen LogP contribution in [-0.2, 0) is 4.79 Å². The Hall–Kier alpha value is -1.17. The summed E-state index contributed by atoms with van der Waals surface area (Å²) >= 11 is 0. The summed E-state index contributed by atoms with van der Waals surface area (Å²) in [5.74, 6) is -1.08. The van der Waals surface area contributed by atoms with Crippen molar-refractivity contribution in [1.82, 2.24) is 0 Å². The van der Waals surface area contributed by atoms with Gasteiger partial charge in [0, 0.05) is 18.8 Å². The SMILES string of the molecule is CCCCC/C=C\C[C@@H]1[C@@H](/C=C/C(O)CCCC(=O)O)[C@@H](O)C[C@H]1O. The first-order chi connectivity index (χ1) is 12.0. The molecule has 0 heterocycles. The Kier molecular flexibility index (Phi) is 10.7. The Bertz CT molecular complexity index is 432. The summed E-state index contributed by atoms with van der Waals surface area (Å²) in [6, 6.07) is 0. The zero-order valence-electron chi connectivity index (χ0n) is 15.3.